The molecular formula is C36H50Br2Cl2. The molecular weight excluding hydrogens is 663 g/mol. The number of benzene rings is 3. The van der Waals surface area contributed by atoms with Gasteiger partial charge in [0.2, 0.25) is 0 Å². The van der Waals surface area contributed by atoms with Crippen molar-refractivity contribution in [3.63, 3.8) is 0 Å². The molecule has 3 aromatic carbocycles. The number of rotatable bonds is 6. The van der Waals surface area contributed by atoms with E-state index in [1.165, 1.54) is 46.8 Å². The molecule has 0 saturated heterocycles. The van der Waals surface area contributed by atoms with E-state index in [9.17, 15) is 0 Å². The van der Waals surface area contributed by atoms with Crippen LogP contribution in [0.4, 0.5) is 0 Å². The second-order valence-corrected chi connectivity index (χ2v) is 16.8. The molecule has 0 heterocycles. The van der Waals surface area contributed by atoms with Gasteiger partial charge in [-0.3, -0.25) is 0 Å². The van der Waals surface area contributed by atoms with E-state index in [0.717, 1.165) is 22.3 Å². The lowest BCUT2D eigenvalue weighted by molar-refractivity contribution is 0.378. The minimum Gasteiger partial charge on any atom is -0.0843 e. The molecule has 0 radical (unpaired) electrons. The number of halogens is 4. The Kier molecular flexibility index (Phi) is 16.1. The van der Waals surface area contributed by atoms with Gasteiger partial charge in [0.1, 0.15) is 0 Å². The normalized spacial score (nSPS) is 11.7. The van der Waals surface area contributed by atoms with Crippen LogP contribution in [0.15, 0.2) is 75.7 Å². The van der Waals surface area contributed by atoms with E-state index in [0.29, 0.717) is 21.3 Å². The lowest BCUT2D eigenvalue weighted by Crippen LogP contribution is -2.06. The number of hydrogen-bond acceptors (Lipinski definition) is 0. The molecule has 0 spiro atoms. The summed E-state index contributed by atoms with van der Waals surface area (Å²) in [5.74, 6) is 0. The number of hydrogen-bond donors (Lipinski definition) is 0. The summed E-state index contributed by atoms with van der Waals surface area (Å²) in [5, 5.41) is 1.48. The Hall–Kier alpha value is -0.800. The first-order valence-electron chi connectivity index (χ1n) is 14.3. The molecule has 3 aromatic rings. The second kappa shape index (κ2) is 17.3. The van der Waals surface area contributed by atoms with Crippen LogP contribution in [0, 0.1) is 16.2 Å². The molecule has 0 fully saturated rings. The SMILES string of the molecule is CC(C)(C)CCc1ccc(Br)cc1.CC(C)(C)CCc1ccc(Cl)cc1Cl.CC(C)(C)CCc1cccc(Br)c1. The average Bonchev–Trinajstić information content (AvgIpc) is 2.81. The fourth-order valence-corrected chi connectivity index (χ4v) is 4.83. The van der Waals surface area contributed by atoms with Crippen LogP contribution in [0.3, 0.4) is 0 Å². The Morgan fingerprint density at radius 1 is 0.525 bits per heavy atom. The van der Waals surface area contributed by atoms with Crippen LogP contribution < -0.4 is 0 Å². The molecule has 0 aliphatic rings. The molecule has 0 aromatic heterocycles. The van der Waals surface area contributed by atoms with E-state index in [1.807, 2.05) is 12.1 Å². The van der Waals surface area contributed by atoms with Crippen molar-refractivity contribution in [2.24, 2.45) is 16.2 Å². The van der Waals surface area contributed by atoms with Gasteiger partial charge in [0.25, 0.3) is 0 Å². The lowest BCUT2D eigenvalue weighted by Gasteiger charge is -2.18. The molecule has 3 rings (SSSR count). The molecule has 0 aliphatic carbocycles. The molecule has 0 saturated carbocycles. The molecule has 4 heteroatoms. The summed E-state index contributed by atoms with van der Waals surface area (Å²) in [5.41, 5.74) is 5.26. The van der Waals surface area contributed by atoms with Crippen molar-refractivity contribution >= 4 is 55.1 Å². The van der Waals surface area contributed by atoms with E-state index in [4.69, 9.17) is 23.2 Å². The quantitative estimate of drug-likeness (QED) is 0.239. The van der Waals surface area contributed by atoms with Crippen LogP contribution in [0.25, 0.3) is 0 Å². The van der Waals surface area contributed by atoms with Gasteiger partial charge >= 0.3 is 0 Å². The summed E-state index contributed by atoms with van der Waals surface area (Å²) in [6.07, 6.45) is 6.98. The third kappa shape index (κ3) is 19.3. The van der Waals surface area contributed by atoms with Crippen molar-refractivity contribution in [2.45, 2.75) is 101 Å². The zero-order valence-electron chi connectivity index (χ0n) is 26.1. The smallest absolute Gasteiger partial charge is 0.0452 e. The highest BCUT2D eigenvalue weighted by atomic mass is 79.9. The highest BCUT2D eigenvalue weighted by Crippen LogP contribution is 2.27. The van der Waals surface area contributed by atoms with Crippen LogP contribution in [-0.4, -0.2) is 0 Å². The summed E-state index contributed by atoms with van der Waals surface area (Å²) >= 11 is 18.8. The van der Waals surface area contributed by atoms with E-state index < -0.39 is 0 Å². The third-order valence-corrected chi connectivity index (χ3v) is 7.90. The van der Waals surface area contributed by atoms with Crippen molar-refractivity contribution in [1.29, 1.82) is 0 Å². The maximum absolute atomic E-state index is 6.07. The van der Waals surface area contributed by atoms with Crippen LogP contribution in [-0.2, 0) is 19.3 Å². The minimum absolute atomic E-state index is 0.350. The van der Waals surface area contributed by atoms with Crippen LogP contribution in [0.2, 0.25) is 10.0 Å². The molecule has 0 bridgehead atoms. The Balaban J connectivity index is 0.000000300. The lowest BCUT2D eigenvalue weighted by atomic mass is 9.89. The van der Waals surface area contributed by atoms with Gasteiger partial charge in [-0.05, 0) is 108 Å². The third-order valence-electron chi connectivity index (χ3n) is 6.29. The average molecular weight is 714 g/mol. The van der Waals surface area contributed by atoms with E-state index in [1.54, 1.807) is 6.07 Å². The predicted octanol–water partition coefficient (Wildman–Crippen LogP) is 13.8. The Labute approximate surface area is 272 Å². The van der Waals surface area contributed by atoms with Crippen LogP contribution in [0.5, 0.6) is 0 Å². The van der Waals surface area contributed by atoms with Gasteiger partial charge in [0.05, 0.1) is 0 Å². The van der Waals surface area contributed by atoms with E-state index in [2.05, 4.69) is 143 Å². The van der Waals surface area contributed by atoms with Crippen LogP contribution >= 0.6 is 55.1 Å². The molecule has 40 heavy (non-hydrogen) atoms. The van der Waals surface area contributed by atoms with E-state index >= 15 is 0 Å². The molecule has 0 unspecified atom stereocenters. The summed E-state index contributed by atoms with van der Waals surface area (Å²) in [4.78, 5) is 0. The zero-order valence-corrected chi connectivity index (χ0v) is 30.8. The maximum atomic E-state index is 6.07. The van der Waals surface area contributed by atoms with Gasteiger partial charge in [0, 0.05) is 19.0 Å². The second-order valence-electron chi connectivity index (χ2n) is 14.2. The number of aryl methyl sites for hydroxylation is 3. The first-order valence-corrected chi connectivity index (χ1v) is 16.6. The van der Waals surface area contributed by atoms with Gasteiger partial charge in [0.15, 0.2) is 0 Å². The van der Waals surface area contributed by atoms with Gasteiger partial charge in [-0.1, -0.05) is 148 Å². The standard InChI is InChI=1S/2C12H17Br.C12H16Cl2/c1-12(2,3)9-8-10-4-6-11(13)7-5-10;1-12(2,3)8-7-10-5-4-6-11(13)9-10;1-12(2,3)7-6-9-4-5-10(13)8-11(9)14/h4-7H,8-9H2,1-3H3;4-6,9H,7-8H2,1-3H3;4-5,8H,6-7H2,1-3H3. The highest BCUT2D eigenvalue weighted by molar-refractivity contribution is 9.10. The topological polar surface area (TPSA) is 0 Å². The molecule has 222 valence electrons. The van der Waals surface area contributed by atoms with E-state index in [-0.39, 0.29) is 0 Å². The van der Waals surface area contributed by atoms with Crippen LogP contribution in [0.1, 0.15) is 98.3 Å². The summed E-state index contributed by atoms with van der Waals surface area (Å²) in [7, 11) is 0. The van der Waals surface area contributed by atoms with Crippen molar-refractivity contribution in [1.82, 2.24) is 0 Å². The summed E-state index contributed by atoms with van der Waals surface area (Å²) in [6, 6.07) is 22.9. The fraction of sp³-hybridized carbons (Fsp3) is 0.500. The predicted molar refractivity (Wildman–Crippen MR) is 188 cm³/mol. The fourth-order valence-electron chi connectivity index (χ4n) is 3.62. The molecule has 0 amide bonds. The Bertz CT molecular complexity index is 1130. The summed E-state index contributed by atoms with van der Waals surface area (Å²) in [6.45, 7) is 20.4. The first kappa shape index (κ1) is 37.2. The van der Waals surface area contributed by atoms with Crippen molar-refractivity contribution < 1.29 is 0 Å². The first-order chi connectivity index (χ1) is 18.3. The highest BCUT2D eigenvalue weighted by Gasteiger charge is 2.12. The van der Waals surface area contributed by atoms with Crippen molar-refractivity contribution in [3.8, 4) is 0 Å². The van der Waals surface area contributed by atoms with Gasteiger partial charge in [-0.15, -0.1) is 0 Å². The summed E-state index contributed by atoms with van der Waals surface area (Å²) < 4.78 is 2.34. The maximum Gasteiger partial charge on any atom is 0.0452 e. The molecule has 0 N–H and O–H groups in total. The monoisotopic (exact) mass is 710 g/mol. The zero-order chi connectivity index (χ0) is 30.6. The molecule has 0 nitrogen and oxygen atoms in total. The Morgan fingerprint density at radius 3 is 1.50 bits per heavy atom. The minimum atomic E-state index is 0.350. The van der Waals surface area contributed by atoms with Gasteiger partial charge in [-0.25, -0.2) is 0 Å². The van der Waals surface area contributed by atoms with Gasteiger partial charge < -0.3 is 0 Å². The largest absolute Gasteiger partial charge is 0.0843 e. The molecule has 0 atom stereocenters. The Morgan fingerprint density at radius 2 is 1.02 bits per heavy atom. The van der Waals surface area contributed by atoms with Crippen molar-refractivity contribution in [2.75, 3.05) is 0 Å². The molecule has 0 aliphatic heterocycles. The van der Waals surface area contributed by atoms with Gasteiger partial charge in [-0.2, -0.15) is 0 Å². The van der Waals surface area contributed by atoms with Crippen molar-refractivity contribution in [3.05, 3.63) is 102 Å².